The fourth-order valence-electron chi connectivity index (χ4n) is 3.86. The molecular formula is C24H26N4O. The quantitative estimate of drug-likeness (QED) is 0.699. The fraction of sp³-hybridized carbons (Fsp3) is 0.292. The topological polar surface area (TPSA) is 58.1 Å². The SMILES string of the molecule is O=C(NCc1cccnc1)c1cc(N2CCC(Cc3ccccc3)CC2)ccn1. The average Bonchev–Trinajstić information content (AvgIpc) is 2.79. The lowest BCUT2D eigenvalue weighted by atomic mass is 9.90. The molecule has 148 valence electrons. The minimum atomic E-state index is -0.158. The molecule has 5 heteroatoms. The lowest BCUT2D eigenvalue weighted by molar-refractivity contribution is 0.0946. The van der Waals surface area contributed by atoms with Crippen molar-refractivity contribution in [3.05, 3.63) is 90.0 Å². The van der Waals surface area contributed by atoms with Gasteiger partial charge in [-0.3, -0.25) is 14.8 Å². The third-order valence-electron chi connectivity index (χ3n) is 5.50. The Balaban J connectivity index is 1.32. The van der Waals surface area contributed by atoms with Crippen molar-refractivity contribution in [1.82, 2.24) is 15.3 Å². The van der Waals surface area contributed by atoms with Crippen molar-refractivity contribution in [3.8, 4) is 0 Å². The summed E-state index contributed by atoms with van der Waals surface area (Å²) in [5.41, 5.74) is 3.92. The van der Waals surface area contributed by atoms with Crippen LogP contribution < -0.4 is 10.2 Å². The summed E-state index contributed by atoms with van der Waals surface area (Å²) < 4.78 is 0. The van der Waals surface area contributed by atoms with Gasteiger partial charge in [0.1, 0.15) is 5.69 Å². The Morgan fingerprint density at radius 3 is 2.55 bits per heavy atom. The number of hydrogen-bond acceptors (Lipinski definition) is 4. The number of anilines is 1. The normalized spacial score (nSPS) is 14.6. The molecule has 1 saturated heterocycles. The lowest BCUT2D eigenvalue weighted by Gasteiger charge is -2.33. The molecular weight excluding hydrogens is 360 g/mol. The third-order valence-corrected chi connectivity index (χ3v) is 5.50. The molecule has 1 fully saturated rings. The van der Waals surface area contributed by atoms with Crippen LogP contribution in [0.25, 0.3) is 0 Å². The van der Waals surface area contributed by atoms with E-state index in [1.165, 1.54) is 18.4 Å². The van der Waals surface area contributed by atoms with Crippen LogP contribution in [0.15, 0.2) is 73.2 Å². The van der Waals surface area contributed by atoms with E-state index >= 15 is 0 Å². The number of aromatic nitrogens is 2. The van der Waals surface area contributed by atoms with E-state index in [2.05, 4.69) is 50.5 Å². The molecule has 4 rings (SSSR count). The summed E-state index contributed by atoms with van der Waals surface area (Å²) in [5.74, 6) is 0.562. The highest BCUT2D eigenvalue weighted by Crippen LogP contribution is 2.26. The molecule has 1 amide bonds. The first-order chi connectivity index (χ1) is 14.3. The zero-order valence-electron chi connectivity index (χ0n) is 16.5. The van der Waals surface area contributed by atoms with E-state index in [0.717, 1.165) is 36.7 Å². The molecule has 0 unspecified atom stereocenters. The third kappa shape index (κ3) is 5.19. The standard InChI is InChI=1S/C24H26N4O/c29-24(27-18-21-7-4-11-25-17-21)23-16-22(8-12-26-23)28-13-9-20(10-14-28)15-19-5-2-1-3-6-19/h1-8,11-12,16-17,20H,9-10,13-15,18H2,(H,27,29). The zero-order chi connectivity index (χ0) is 19.9. The van der Waals surface area contributed by atoms with Crippen LogP contribution in [0, 0.1) is 5.92 Å². The highest BCUT2D eigenvalue weighted by atomic mass is 16.1. The maximum atomic E-state index is 12.5. The van der Waals surface area contributed by atoms with Crippen molar-refractivity contribution in [2.45, 2.75) is 25.8 Å². The van der Waals surface area contributed by atoms with Crippen LogP contribution in [-0.4, -0.2) is 29.0 Å². The lowest BCUT2D eigenvalue weighted by Crippen LogP contribution is -2.34. The van der Waals surface area contributed by atoms with Gasteiger partial charge in [0.2, 0.25) is 0 Å². The predicted molar refractivity (Wildman–Crippen MR) is 115 cm³/mol. The summed E-state index contributed by atoms with van der Waals surface area (Å²) in [7, 11) is 0. The van der Waals surface area contributed by atoms with E-state index in [0.29, 0.717) is 12.2 Å². The van der Waals surface area contributed by atoms with E-state index < -0.39 is 0 Å². The minimum absolute atomic E-state index is 0.158. The summed E-state index contributed by atoms with van der Waals surface area (Å²) in [6.07, 6.45) is 8.68. The Hall–Kier alpha value is -3.21. The molecule has 1 aromatic carbocycles. The van der Waals surface area contributed by atoms with Gasteiger partial charge < -0.3 is 10.2 Å². The predicted octanol–water partition coefficient (Wildman–Crippen LogP) is 3.87. The maximum absolute atomic E-state index is 12.5. The highest BCUT2D eigenvalue weighted by molar-refractivity contribution is 5.93. The van der Waals surface area contributed by atoms with E-state index in [4.69, 9.17) is 0 Å². The van der Waals surface area contributed by atoms with Gasteiger partial charge in [0.05, 0.1) is 0 Å². The van der Waals surface area contributed by atoms with Crippen LogP contribution in [0.4, 0.5) is 5.69 Å². The summed E-state index contributed by atoms with van der Waals surface area (Å²) in [5, 5.41) is 2.92. The molecule has 0 saturated carbocycles. The fourth-order valence-corrected chi connectivity index (χ4v) is 3.86. The zero-order valence-corrected chi connectivity index (χ0v) is 16.5. The largest absolute Gasteiger partial charge is 0.371 e. The van der Waals surface area contributed by atoms with Crippen molar-refractivity contribution < 1.29 is 4.79 Å². The van der Waals surface area contributed by atoms with Gasteiger partial charge in [0, 0.05) is 43.9 Å². The molecule has 5 nitrogen and oxygen atoms in total. The molecule has 29 heavy (non-hydrogen) atoms. The number of carbonyl (C=O) groups is 1. The first-order valence-corrected chi connectivity index (χ1v) is 10.2. The number of nitrogens with one attached hydrogen (secondary N) is 1. The van der Waals surface area contributed by atoms with Crippen LogP contribution in [0.2, 0.25) is 0 Å². The number of amides is 1. The van der Waals surface area contributed by atoms with Crippen molar-refractivity contribution >= 4 is 11.6 Å². The Morgan fingerprint density at radius 1 is 1.00 bits per heavy atom. The number of rotatable bonds is 6. The van der Waals surface area contributed by atoms with Gasteiger partial charge in [0.15, 0.2) is 0 Å². The molecule has 1 N–H and O–H groups in total. The van der Waals surface area contributed by atoms with Gasteiger partial charge in [0.25, 0.3) is 5.91 Å². The Bertz CT molecular complexity index is 922. The average molecular weight is 386 g/mol. The van der Waals surface area contributed by atoms with Gasteiger partial charge in [-0.2, -0.15) is 0 Å². The van der Waals surface area contributed by atoms with Gasteiger partial charge in [-0.1, -0.05) is 36.4 Å². The monoisotopic (exact) mass is 386 g/mol. The summed E-state index contributed by atoms with van der Waals surface area (Å²) >= 11 is 0. The molecule has 2 aromatic heterocycles. The summed E-state index contributed by atoms with van der Waals surface area (Å²) in [6.45, 7) is 2.47. The Kier molecular flexibility index (Phi) is 6.15. The molecule has 0 radical (unpaired) electrons. The van der Waals surface area contributed by atoms with Crippen LogP contribution in [0.1, 0.15) is 34.5 Å². The second-order valence-corrected chi connectivity index (χ2v) is 7.56. The van der Waals surface area contributed by atoms with E-state index in [9.17, 15) is 4.79 Å². The second-order valence-electron chi connectivity index (χ2n) is 7.56. The van der Waals surface area contributed by atoms with Crippen LogP contribution >= 0.6 is 0 Å². The smallest absolute Gasteiger partial charge is 0.270 e. The van der Waals surface area contributed by atoms with E-state index in [1.54, 1.807) is 18.6 Å². The molecule has 1 aliphatic rings. The van der Waals surface area contributed by atoms with Crippen LogP contribution in [-0.2, 0) is 13.0 Å². The molecule has 0 bridgehead atoms. The Morgan fingerprint density at radius 2 is 1.79 bits per heavy atom. The second kappa shape index (κ2) is 9.32. The first-order valence-electron chi connectivity index (χ1n) is 10.2. The van der Waals surface area contributed by atoms with Crippen molar-refractivity contribution in [2.24, 2.45) is 5.92 Å². The van der Waals surface area contributed by atoms with Crippen molar-refractivity contribution in [3.63, 3.8) is 0 Å². The summed E-state index contributed by atoms with van der Waals surface area (Å²) in [6, 6.07) is 18.4. The van der Waals surface area contributed by atoms with Gasteiger partial charge in [-0.05, 0) is 54.5 Å². The van der Waals surface area contributed by atoms with E-state index in [1.807, 2.05) is 24.3 Å². The first kappa shape index (κ1) is 19.1. The van der Waals surface area contributed by atoms with Gasteiger partial charge in [-0.15, -0.1) is 0 Å². The van der Waals surface area contributed by atoms with E-state index in [-0.39, 0.29) is 5.91 Å². The number of nitrogens with zero attached hydrogens (tertiary/aromatic N) is 3. The molecule has 0 spiro atoms. The molecule has 0 atom stereocenters. The Labute approximate surface area is 171 Å². The molecule has 0 aliphatic carbocycles. The van der Waals surface area contributed by atoms with Gasteiger partial charge >= 0.3 is 0 Å². The maximum Gasteiger partial charge on any atom is 0.270 e. The molecule has 1 aliphatic heterocycles. The molecule has 3 aromatic rings. The number of pyridine rings is 2. The summed E-state index contributed by atoms with van der Waals surface area (Å²) in [4.78, 5) is 23.2. The molecule has 3 heterocycles. The number of hydrogen-bond donors (Lipinski definition) is 1. The minimum Gasteiger partial charge on any atom is -0.371 e. The van der Waals surface area contributed by atoms with Gasteiger partial charge in [-0.25, -0.2) is 0 Å². The number of piperidine rings is 1. The highest BCUT2D eigenvalue weighted by Gasteiger charge is 2.20. The number of benzene rings is 1. The van der Waals surface area contributed by atoms with Crippen LogP contribution in [0.3, 0.4) is 0 Å². The van der Waals surface area contributed by atoms with Crippen molar-refractivity contribution in [2.75, 3.05) is 18.0 Å². The van der Waals surface area contributed by atoms with Crippen molar-refractivity contribution in [1.29, 1.82) is 0 Å². The number of carbonyl (C=O) groups excluding carboxylic acids is 1. The van der Waals surface area contributed by atoms with Crippen LogP contribution in [0.5, 0.6) is 0 Å².